The van der Waals surface area contributed by atoms with Gasteiger partial charge >= 0.3 is 0 Å². The summed E-state index contributed by atoms with van der Waals surface area (Å²) in [5, 5.41) is 5.78. The van der Waals surface area contributed by atoms with E-state index in [9.17, 15) is 9.59 Å². The van der Waals surface area contributed by atoms with Crippen LogP contribution in [0.2, 0.25) is 0 Å². The van der Waals surface area contributed by atoms with E-state index in [4.69, 9.17) is 0 Å². The number of carbonyl (C=O) groups excluding carboxylic acids is 2. The first-order valence-corrected chi connectivity index (χ1v) is 9.89. The number of aromatic nitrogens is 1. The minimum absolute atomic E-state index is 0.0260. The van der Waals surface area contributed by atoms with E-state index < -0.39 is 0 Å². The van der Waals surface area contributed by atoms with E-state index in [0.717, 1.165) is 28.3 Å². The van der Waals surface area contributed by atoms with Gasteiger partial charge in [0.15, 0.2) is 0 Å². The maximum absolute atomic E-state index is 12.8. The molecular weight excluding hydrogens is 338 g/mol. The second-order valence-corrected chi connectivity index (χ2v) is 7.38. The molecule has 0 aliphatic heterocycles. The summed E-state index contributed by atoms with van der Waals surface area (Å²) in [5.74, 6) is -0.113. The van der Waals surface area contributed by atoms with Gasteiger partial charge in [0.2, 0.25) is 5.91 Å². The Bertz CT molecular complexity index is 815. The summed E-state index contributed by atoms with van der Waals surface area (Å²) in [6.45, 7) is 5.94. The Morgan fingerprint density at radius 2 is 1.59 bits per heavy atom. The Labute approximate surface area is 161 Å². The molecule has 0 bridgehead atoms. The molecule has 1 aliphatic carbocycles. The average Bonchev–Trinajstić information content (AvgIpc) is 2.98. The number of hydrogen-bond donors (Lipinski definition) is 2. The molecule has 1 aromatic heterocycles. The molecule has 1 heterocycles. The Balaban J connectivity index is 1.72. The van der Waals surface area contributed by atoms with Gasteiger partial charge in [0.05, 0.1) is 5.56 Å². The number of nitrogens with one attached hydrogen (secondary N) is 2. The van der Waals surface area contributed by atoms with Crippen molar-refractivity contribution in [3.8, 4) is 0 Å². The fourth-order valence-corrected chi connectivity index (χ4v) is 3.99. The summed E-state index contributed by atoms with van der Waals surface area (Å²) in [5.41, 5.74) is 4.39. The number of benzene rings is 1. The molecule has 144 valence electrons. The maximum atomic E-state index is 12.8. The summed E-state index contributed by atoms with van der Waals surface area (Å²) in [6, 6.07) is 9.73. The minimum Gasteiger partial charge on any atom is -0.345 e. The van der Waals surface area contributed by atoms with E-state index in [1.807, 2.05) is 32.0 Å². The Hall–Kier alpha value is -2.56. The third-order valence-corrected chi connectivity index (χ3v) is 5.42. The summed E-state index contributed by atoms with van der Waals surface area (Å²) < 4.78 is 2.34. The highest BCUT2D eigenvalue weighted by atomic mass is 16.2. The van der Waals surface area contributed by atoms with Crippen LogP contribution in [-0.4, -0.2) is 16.4 Å². The Morgan fingerprint density at radius 1 is 1.00 bits per heavy atom. The van der Waals surface area contributed by atoms with Crippen molar-refractivity contribution < 1.29 is 9.59 Å². The minimum atomic E-state index is -0.0875. The standard InChI is InChI=1S/C22H29N3O2/c1-4-21(26)23-17-10-12-18(13-11-17)24-22(27)20-14-15(2)25(16(20)3)19-8-6-5-7-9-19/h10-14,19H,4-9H2,1-3H3,(H,23,26)(H,24,27). The molecule has 27 heavy (non-hydrogen) atoms. The SMILES string of the molecule is CCC(=O)Nc1ccc(NC(=O)c2cc(C)n(C3CCCCC3)c2C)cc1. The number of hydrogen-bond acceptors (Lipinski definition) is 2. The fourth-order valence-electron chi connectivity index (χ4n) is 3.99. The quantitative estimate of drug-likeness (QED) is 0.762. The van der Waals surface area contributed by atoms with Crippen LogP contribution in [0.15, 0.2) is 30.3 Å². The zero-order valence-corrected chi connectivity index (χ0v) is 16.5. The molecule has 2 amide bonds. The smallest absolute Gasteiger partial charge is 0.257 e. The normalized spacial score (nSPS) is 14.8. The predicted octanol–water partition coefficient (Wildman–Crippen LogP) is 5.21. The number of rotatable bonds is 5. The lowest BCUT2D eigenvalue weighted by Crippen LogP contribution is -2.17. The Kier molecular flexibility index (Phi) is 5.99. The van der Waals surface area contributed by atoms with Crippen LogP contribution < -0.4 is 10.6 Å². The molecule has 5 heteroatoms. The maximum Gasteiger partial charge on any atom is 0.257 e. The van der Waals surface area contributed by atoms with Gasteiger partial charge in [-0.2, -0.15) is 0 Å². The first-order valence-electron chi connectivity index (χ1n) is 9.89. The first kappa shape index (κ1) is 19.2. The van der Waals surface area contributed by atoms with Crippen LogP contribution >= 0.6 is 0 Å². The van der Waals surface area contributed by atoms with Crippen molar-refractivity contribution in [1.82, 2.24) is 4.57 Å². The highest BCUT2D eigenvalue weighted by Gasteiger charge is 2.22. The molecule has 0 unspecified atom stereocenters. The van der Waals surface area contributed by atoms with E-state index in [-0.39, 0.29) is 11.8 Å². The molecule has 1 fully saturated rings. The Morgan fingerprint density at radius 3 is 2.19 bits per heavy atom. The lowest BCUT2D eigenvalue weighted by atomic mass is 9.95. The van der Waals surface area contributed by atoms with Crippen molar-refractivity contribution in [1.29, 1.82) is 0 Å². The first-order chi connectivity index (χ1) is 13.0. The number of amides is 2. The third kappa shape index (κ3) is 4.41. The molecule has 5 nitrogen and oxygen atoms in total. The van der Waals surface area contributed by atoms with E-state index in [0.29, 0.717) is 12.5 Å². The van der Waals surface area contributed by atoms with Gasteiger partial charge in [-0.3, -0.25) is 9.59 Å². The van der Waals surface area contributed by atoms with E-state index in [1.54, 1.807) is 12.1 Å². The van der Waals surface area contributed by atoms with E-state index in [2.05, 4.69) is 22.1 Å². The van der Waals surface area contributed by atoms with Crippen LogP contribution in [0.25, 0.3) is 0 Å². The lowest BCUT2D eigenvalue weighted by Gasteiger charge is -2.26. The van der Waals surface area contributed by atoms with Crippen molar-refractivity contribution in [2.45, 2.75) is 65.3 Å². The van der Waals surface area contributed by atoms with Gasteiger partial charge in [0.1, 0.15) is 0 Å². The van der Waals surface area contributed by atoms with Gasteiger partial charge < -0.3 is 15.2 Å². The monoisotopic (exact) mass is 367 g/mol. The average molecular weight is 367 g/mol. The molecule has 3 rings (SSSR count). The number of carbonyl (C=O) groups is 2. The van der Waals surface area contributed by atoms with Gasteiger partial charge in [0, 0.05) is 35.2 Å². The number of nitrogens with zero attached hydrogens (tertiary/aromatic N) is 1. The molecule has 2 N–H and O–H groups in total. The summed E-state index contributed by atoms with van der Waals surface area (Å²) >= 11 is 0. The molecule has 1 saturated carbocycles. The van der Waals surface area contributed by atoms with Gasteiger partial charge in [-0.1, -0.05) is 26.2 Å². The molecular formula is C22H29N3O2. The van der Waals surface area contributed by atoms with Crippen LogP contribution in [0.3, 0.4) is 0 Å². The van der Waals surface area contributed by atoms with Gasteiger partial charge in [0.25, 0.3) is 5.91 Å². The fraction of sp³-hybridized carbons (Fsp3) is 0.455. The van der Waals surface area contributed by atoms with Crippen LogP contribution in [-0.2, 0) is 4.79 Å². The lowest BCUT2D eigenvalue weighted by molar-refractivity contribution is -0.115. The number of aryl methyl sites for hydroxylation is 1. The number of anilines is 2. The van der Waals surface area contributed by atoms with Crippen molar-refractivity contribution in [3.63, 3.8) is 0 Å². The summed E-state index contributed by atoms with van der Waals surface area (Å²) in [4.78, 5) is 24.2. The van der Waals surface area contributed by atoms with E-state index in [1.165, 1.54) is 32.1 Å². The summed E-state index contributed by atoms with van der Waals surface area (Å²) in [6.07, 6.45) is 6.69. The topological polar surface area (TPSA) is 63.1 Å². The zero-order valence-electron chi connectivity index (χ0n) is 16.5. The largest absolute Gasteiger partial charge is 0.345 e. The molecule has 1 aromatic carbocycles. The van der Waals surface area contributed by atoms with Crippen LogP contribution in [0.1, 0.15) is 73.2 Å². The van der Waals surface area contributed by atoms with Crippen LogP contribution in [0, 0.1) is 13.8 Å². The van der Waals surface area contributed by atoms with Crippen molar-refractivity contribution in [2.75, 3.05) is 10.6 Å². The highest BCUT2D eigenvalue weighted by molar-refractivity contribution is 6.05. The van der Waals surface area contributed by atoms with Gasteiger partial charge in [-0.05, 0) is 57.0 Å². The molecule has 0 saturated heterocycles. The third-order valence-electron chi connectivity index (χ3n) is 5.42. The molecule has 0 atom stereocenters. The van der Waals surface area contributed by atoms with Crippen molar-refractivity contribution in [3.05, 3.63) is 47.3 Å². The van der Waals surface area contributed by atoms with Crippen LogP contribution in [0.4, 0.5) is 11.4 Å². The van der Waals surface area contributed by atoms with Crippen LogP contribution in [0.5, 0.6) is 0 Å². The van der Waals surface area contributed by atoms with E-state index >= 15 is 0 Å². The highest BCUT2D eigenvalue weighted by Crippen LogP contribution is 2.32. The molecule has 1 aliphatic rings. The molecule has 2 aromatic rings. The van der Waals surface area contributed by atoms with Crippen molar-refractivity contribution >= 4 is 23.2 Å². The second-order valence-electron chi connectivity index (χ2n) is 7.38. The predicted molar refractivity (Wildman–Crippen MR) is 109 cm³/mol. The van der Waals surface area contributed by atoms with Gasteiger partial charge in [-0.15, -0.1) is 0 Å². The van der Waals surface area contributed by atoms with Gasteiger partial charge in [-0.25, -0.2) is 0 Å². The second kappa shape index (κ2) is 8.42. The zero-order chi connectivity index (χ0) is 19.4. The molecule has 0 spiro atoms. The summed E-state index contributed by atoms with van der Waals surface area (Å²) in [7, 11) is 0. The van der Waals surface area contributed by atoms with Crippen molar-refractivity contribution in [2.24, 2.45) is 0 Å². The molecule has 0 radical (unpaired) electrons.